The lowest BCUT2D eigenvalue weighted by Gasteiger charge is -2.28. The second kappa shape index (κ2) is 8.77. The van der Waals surface area contributed by atoms with Gasteiger partial charge in [-0.25, -0.2) is 4.39 Å². The van der Waals surface area contributed by atoms with Crippen LogP contribution in [0.2, 0.25) is 0 Å². The Morgan fingerprint density at radius 1 is 1.19 bits per heavy atom. The van der Waals surface area contributed by atoms with Gasteiger partial charge in [0.15, 0.2) is 0 Å². The van der Waals surface area contributed by atoms with Crippen molar-refractivity contribution in [2.24, 2.45) is 5.41 Å². The molecule has 5 nitrogen and oxygen atoms in total. The molecule has 1 amide bonds. The Balaban J connectivity index is 2.36. The molecule has 6 heteroatoms. The van der Waals surface area contributed by atoms with Crippen molar-refractivity contribution in [1.29, 1.82) is 0 Å². The van der Waals surface area contributed by atoms with Crippen LogP contribution >= 0.6 is 0 Å². The number of carbonyl (C=O) groups excluding carboxylic acids is 1. The Morgan fingerprint density at radius 3 is 2.48 bits per heavy atom. The van der Waals surface area contributed by atoms with Gasteiger partial charge >= 0.3 is 0 Å². The highest BCUT2D eigenvalue weighted by atomic mass is 19.1. The van der Waals surface area contributed by atoms with Crippen LogP contribution in [-0.4, -0.2) is 42.6 Å². The Labute approximate surface area is 159 Å². The van der Waals surface area contributed by atoms with Crippen LogP contribution in [-0.2, 0) is 4.79 Å². The van der Waals surface area contributed by atoms with Crippen LogP contribution in [0.25, 0.3) is 11.8 Å². The van der Waals surface area contributed by atoms with Crippen molar-refractivity contribution in [3.63, 3.8) is 0 Å². The number of pyridine rings is 1. The average molecular weight is 371 g/mol. The number of nitrogens with one attached hydrogen (secondary N) is 1. The third-order valence-corrected chi connectivity index (χ3v) is 3.98. The first-order valence-electron chi connectivity index (χ1n) is 8.77. The maximum Gasteiger partial charge on any atom is 0.268 e. The second-order valence-electron chi connectivity index (χ2n) is 7.54. The van der Waals surface area contributed by atoms with Crippen molar-refractivity contribution in [3.05, 3.63) is 70.4 Å². The molecule has 0 atom stereocenters. The molecule has 0 fully saturated rings. The lowest BCUT2D eigenvalue weighted by atomic mass is 9.93. The zero-order chi connectivity index (χ0) is 20.0. The van der Waals surface area contributed by atoms with Gasteiger partial charge < -0.3 is 10.2 Å². The van der Waals surface area contributed by atoms with Gasteiger partial charge in [0.1, 0.15) is 11.5 Å². The number of hydrogen-bond donors (Lipinski definition) is 1. The summed E-state index contributed by atoms with van der Waals surface area (Å²) in [5, 5.41) is 2.88. The molecular formula is C21H26FN3O2. The molecule has 0 aliphatic carbocycles. The molecule has 0 saturated carbocycles. The number of carbonyl (C=O) groups is 1. The highest BCUT2D eigenvalue weighted by molar-refractivity contribution is 6.18. The Hall–Kier alpha value is -2.73. The standard InChI is InChI=1S/C21H26FN3O2/c1-21(2,15-24(3)4)14-23-20(27)18(25-12-8-7-11-19(25)26)13-16-9-5-6-10-17(16)22/h5-13H,14-15H2,1-4H3,(H,23,27)/b18-13-. The Morgan fingerprint density at radius 2 is 1.85 bits per heavy atom. The largest absolute Gasteiger partial charge is 0.350 e. The zero-order valence-electron chi connectivity index (χ0n) is 16.2. The van der Waals surface area contributed by atoms with Crippen molar-refractivity contribution < 1.29 is 9.18 Å². The first kappa shape index (κ1) is 20.6. The van der Waals surface area contributed by atoms with E-state index in [0.29, 0.717) is 6.54 Å². The van der Waals surface area contributed by atoms with Gasteiger partial charge in [-0.2, -0.15) is 0 Å². The van der Waals surface area contributed by atoms with E-state index in [1.54, 1.807) is 30.3 Å². The third kappa shape index (κ3) is 5.89. The van der Waals surface area contributed by atoms with E-state index in [2.05, 4.69) is 5.32 Å². The van der Waals surface area contributed by atoms with Crippen LogP contribution in [0.3, 0.4) is 0 Å². The molecule has 0 saturated heterocycles. The zero-order valence-corrected chi connectivity index (χ0v) is 16.2. The first-order chi connectivity index (χ1) is 12.7. The number of nitrogens with zero attached hydrogens (tertiary/aromatic N) is 2. The first-order valence-corrected chi connectivity index (χ1v) is 8.77. The predicted molar refractivity (Wildman–Crippen MR) is 107 cm³/mol. The topological polar surface area (TPSA) is 54.3 Å². The summed E-state index contributed by atoms with van der Waals surface area (Å²) in [7, 11) is 3.94. The summed E-state index contributed by atoms with van der Waals surface area (Å²) >= 11 is 0. The van der Waals surface area contributed by atoms with Gasteiger partial charge in [-0.15, -0.1) is 0 Å². The number of halogens is 1. The van der Waals surface area contributed by atoms with Crippen LogP contribution in [0.1, 0.15) is 19.4 Å². The summed E-state index contributed by atoms with van der Waals surface area (Å²) in [5.74, 6) is -0.891. The van der Waals surface area contributed by atoms with Crippen LogP contribution in [0.5, 0.6) is 0 Å². The fourth-order valence-electron chi connectivity index (χ4n) is 2.93. The van der Waals surface area contributed by atoms with Crippen molar-refractivity contribution in [1.82, 2.24) is 14.8 Å². The molecule has 144 valence electrons. The molecule has 1 aromatic carbocycles. The van der Waals surface area contributed by atoms with Crippen molar-refractivity contribution in [3.8, 4) is 0 Å². The van der Waals surface area contributed by atoms with E-state index in [4.69, 9.17) is 0 Å². The summed E-state index contributed by atoms with van der Waals surface area (Å²) in [5.41, 5.74) is -0.204. The van der Waals surface area contributed by atoms with E-state index in [1.807, 2.05) is 32.8 Å². The highest BCUT2D eigenvalue weighted by Gasteiger charge is 2.22. The number of hydrogen-bond acceptors (Lipinski definition) is 3. The van der Waals surface area contributed by atoms with Gasteiger partial charge in [0.05, 0.1) is 0 Å². The summed E-state index contributed by atoms with van der Waals surface area (Å²) in [6, 6.07) is 10.7. The SMILES string of the molecule is CN(C)CC(C)(C)CNC(=O)/C(=C/c1ccccc1F)n1ccccc1=O. The number of rotatable bonds is 7. The second-order valence-corrected chi connectivity index (χ2v) is 7.54. The minimum atomic E-state index is -0.459. The molecule has 0 spiro atoms. The summed E-state index contributed by atoms with van der Waals surface area (Å²) < 4.78 is 15.3. The number of aromatic nitrogens is 1. The van der Waals surface area contributed by atoms with E-state index < -0.39 is 11.7 Å². The van der Waals surface area contributed by atoms with Gasteiger partial charge in [0.2, 0.25) is 0 Å². The molecule has 1 N–H and O–H groups in total. The lowest BCUT2D eigenvalue weighted by Crippen LogP contribution is -2.41. The van der Waals surface area contributed by atoms with Crippen LogP contribution in [0, 0.1) is 11.2 Å². The van der Waals surface area contributed by atoms with E-state index in [9.17, 15) is 14.0 Å². The molecule has 0 unspecified atom stereocenters. The Bertz CT molecular complexity index is 885. The molecular weight excluding hydrogens is 345 g/mol. The van der Waals surface area contributed by atoms with Gasteiger partial charge in [0.25, 0.3) is 11.5 Å². The van der Waals surface area contributed by atoms with Gasteiger partial charge in [-0.1, -0.05) is 38.1 Å². The van der Waals surface area contributed by atoms with Gasteiger partial charge in [-0.05, 0) is 37.7 Å². The van der Waals surface area contributed by atoms with Crippen molar-refractivity contribution in [2.75, 3.05) is 27.2 Å². The van der Waals surface area contributed by atoms with Crippen molar-refractivity contribution >= 4 is 17.7 Å². The minimum Gasteiger partial charge on any atom is -0.350 e. The maximum absolute atomic E-state index is 14.1. The summed E-state index contributed by atoms with van der Waals surface area (Å²) in [6.45, 7) is 5.29. The normalized spacial score (nSPS) is 12.3. The summed E-state index contributed by atoms with van der Waals surface area (Å²) in [6.07, 6.45) is 2.89. The molecule has 2 rings (SSSR count). The molecule has 0 radical (unpaired) electrons. The van der Waals surface area contributed by atoms with E-state index in [1.165, 1.54) is 29.0 Å². The Kier molecular flexibility index (Phi) is 6.69. The smallest absolute Gasteiger partial charge is 0.268 e. The highest BCUT2D eigenvalue weighted by Crippen LogP contribution is 2.17. The number of benzene rings is 1. The molecule has 1 aromatic heterocycles. The third-order valence-electron chi connectivity index (χ3n) is 3.98. The van der Waals surface area contributed by atoms with Crippen LogP contribution < -0.4 is 10.9 Å². The quantitative estimate of drug-likeness (QED) is 0.762. The number of amides is 1. The summed E-state index contributed by atoms with van der Waals surface area (Å²) in [4.78, 5) is 27.1. The van der Waals surface area contributed by atoms with E-state index in [-0.39, 0.29) is 22.2 Å². The molecule has 0 aliphatic heterocycles. The molecule has 0 bridgehead atoms. The van der Waals surface area contributed by atoms with E-state index in [0.717, 1.165) is 6.54 Å². The predicted octanol–water partition coefficient (Wildman–Crippen LogP) is 2.69. The molecule has 1 heterocycles. The van der Waals surface area contributed by atoms with Gasteiger partial charge in [-0.3, -0.25) is 14.2 Å². The lowest BCUT2D eigenvalue weighted by molar-refractivity contribution is -0.116. The average Bonchev–Trinajstić information content (AvgIpc) is 2.59. The van der Waals surface area contributed by atoms with E-state index >= 15 is 0 Å². The molecule has 27 heavy (non-hydrogen) atoms. The molecule has 0 aliphatic rings. The molecule has 2 aromatic rings. The van der Waals surface area contributed by atoms with Gasteiger partial charge in [0, 0.05) is 30.9 Å². The monoisotopic (exact) mass is 371 g/mol. The van der Waals surface area contributed by atoms with Crippen molar-refractivity contribution in [2.45, 2.75) is 13.8 Å². The maximum atomic E-state index is 14.1. The fourth-order valence-corrected chi connectivity index (χ4v) is 2.93. The fraction of sp³-hybridized carbons (Fsp3) is 0.333. The van der Waals surface area contributed by atoms with Crippen LogP contribution in [0.4, 0.5) is 4.39 Å². The van der Waals surface area contributed by atoms with Crippen LogP contribution in [0.15, 0.2) is 53.5 Å². The minimum absolute atomic E-state index is 0.0753.